The van der Waals surface area contributed by atoms with Crippen LogP contribution in [0, 0.1) is 5.92 Å². The minimum Gasteiger partial charge on any atom is -0.395 e. The molecule has 2 N–H and O–H groups in total. The maximum atomic E-state index is 9.81. The zero-order valence-corrected chi connectivity index (χ0v) is 12.8. The van der Waals surface area contributed by atoms with E-state index >= 15 is 0 Å². The van der Waals surface area contributed by atoms with Crippen molar-refractivity contribution >= 4 is 15.9 Å². The van der Waals surface area contributed by atoms with Gasteiger partial charge >= 0.3 is 0 Å². The minimum atomic E-state index is -0.545. The van der Waals surface area contributed by atoms with Gasteiger partial charge in [-0.05, 0) is 24.0 Å². The van der Waals surface area contributed by atoms with Crippen molar-refractivity contribution in [2.75, 3.05) is 13.2 Å². The number of hydrogen-bond acceptors (Lipinski definition) is 2. The first-order valence-electron chi connectivity index (χ1n) is 6.60. The quantitative estimate of drug-likeness (QED) is 0.808. The summed E-state index contributed by atoms with van der Waals surface area (Å²) < 4.78 is 0.957. The zero-order valence-electron chi connectivity index (χ0n) is 11.2. The Morgan fingerprint density at radius 1 is 1.11 bits per heavy atom. The van der Waals surface area contributed by atoms with Gasteiger partial charge in [0.25, 0.3) is 0 Å². The molecule has 0 aliphatic rings. The molecular weight excluding hydrogens is 292 g/mol. The highest BCUT2D eigenvalue weighted by molar-refractivity contribution is 9.10. The summed E-state index contributed by atoms with van der Waals surface area (Å²) in [6.07, 6.45) is 2.96. The fourth-order valence-electron chi connectivity index (χ4n) is 2.48. The van der Waals surface area contributed by atoms with E-state index in [1.165, 1.54) is 0 Å². The van der Waals surface area contributed by atoms with E-state index in [1.807, 2.05) is 24.3 Å². The Kier molecular flexibility index (Phi) is 6.33. The Balaban J connectivity index is 3.10. The summed E-state index contributed by atoms with van der Waals surface area (Å²) in [5.41, 5.74) is 0.457. The molecular formula is C15H23BrO2. The topological polar surface area (TPSA) is 40.5 Å². The number of aliphatic hydroxyl groups is 2. The van der Waals surface area contributed by atoms with Crippen LogP contribution in [-0.4, -0.2) is 23.4 Å². The van der Waals surface area contributed by atoms with E-state index in [4.69, 9.17) is 0 Å². The standard InChI is InChI=1S/C15H23BrO2/c1-3-12(4-2)9-15(10-17,11-18)13-7-5-6-8-14(13)16/h5-8,12,17-18H,3-4,9-11H2,1-2H3. The highest BCUT2D eigenvalue weighted by Gasteiger charge is 2.34. The highest BCUT2D eigenvalue weighted by Crippen LogP contribution is 2.36. The molecule has 0 saturated carbocycles. The van der Waals surface area contributed by atoms with Gasteiger partial charge in [-0.2, -0.15) is 0 Å². The summed E-state index contributed by atoms with van der Waals surface area (Å²) in [7, 11) is 0. The van der Waals surface area contributed by atoms with Gasteiger partial charge in [0, 0.05) is 9.89 Å². The second-order valence-electron chi connectivity index (χ2n) is 4.96. The largest absolute Gasteiger partial charge is 0.395 e. The Morgan fingerprint density at radius 3 is 2.11 bits per heavy atom. The zero-order chi connectivity index (χ0) is 13.6. The molecule has 0 spiro atoms. The van der Waals surface area contributed by atoms with Crippen LogP contribution in [-0.2, 0) is 5.41 Å². The van der Waals surface area contributed by atoms with Gasteiger partial charge in [-0.3, -0.25) is 0 Å². The molecule has 0 aliphatic heterocycles. The molecule has 0 radical (unpaired) electrons. The molecule has 0 bridgehead atoms. The van der Waals surface area contributed by atoms with Gasteiger partial charge < -0.3 is 10.2 Å². The Labute approximate surface area is 118 Å². The molecule has 102 valence electrons. The molecule has 3 heteroatoms. The molecule has 18 heavy (non-hydrogen) atoms. The summed E-state index contributed by atoms with van der Waals surface area (Å²) in [5, 5.41) is 19.6. The lowest BCUT2D eigenvalue weighted by atomic mass is 9.73. The fraction of sp³-hybridized carbons (Fsp3) is 0.600. The minimum absolute atomic E-state index is 0.0252. The Morgan fingerprint density at radius 2 is 1.67 bits per heavy atom. The van der Waals surface area contributed by atoms with Gasteiger partial charge in [-0.15, -0.1) is 0 Å². The van der Waals surface area contributed by atoms with Crippen LogP contribution >= 0.6 is 15.9 Å². The number of rotatable bonds is 7. The Bertz CT molecular complexity index is 357. The molecule has 0 unspecified atom stereocenters. The van der Waals surface area contributed by atoms with Crippen molar-refractivity contribution in [3.8, 4) is 0 Å². The van der Waals surface area contributed by atoms with Crippen molar-refractivity contribution in [3.05, 3.63) is 34.3 Å². The van der Waals surface area contributed by atoms with Crippen LogP contribution < -0.4 is 0 Å². The predicted octanol–water partition coefficient (Wildman–Crippen LogP) is 3.50. The van der Waals surface area contributed by atoms with E-state index < -0.39 is 5.41 Å². The third kappa shape index (κ3) is 3.34. The highest BCUT2D eigenvalue weighted by atomic mass is 79.9. The molecule has 1 aromatic rings. The third-order valence-electron chi connectivity index (χ3n) is 3.88. The maximum Gasteiger partial charge on any atom is 0.0550 e. The van der Waals surface area contributed by atoms with Crippen molar-refractivity contribution in [1.29, 1.82) is 0 Å². The van der Waals surface area contributed by atoms with Crippen LogP contribution in [0.1, 0.15) is 38.7 Å². The SMILES string of the molecule is CCC(CC)CC(CO)(CO)c1ccccc1Br. The van der Waals surface area contributed by atoms with Crippen LogP contribution in [0.5, 0.6) is 0 Å². The molecule has 0 fully saturated rings. The van der Waals surface area contributed by atoms with E-state index in [1.54, 1.807) is 0 Å². The summed E-state index contributed by atoms with van der Waals surface area (Å²) >= 11 is 3.53. The van der Waals surface area contributed by atoms with Crippen molar-refractivity contribution in [3.63, 3.8) is 0 Å². The smallest absolute Gasteiger partial charge is 0.0550 e. The van der Waals surface area contributed by atoms with Gasteiger partial charge in [0.15, 0.2) is 0 Å². The number of hydrogen-bond donors (Lipinski definition) is 2. The first-order valence-corrected chi connectivity index (χ1v) is 7.39. The van der Waals surface area contributed by atoms with Crippen molar-refractivity contribution in [2.45, 2.75) is 38.5 Å². The van der Waals surface area contributed by atoms with Crippen LogP contribution in [0.25, 0.3) is 0 Å². The van der Waals surface area contributed by atoms with E-state index in [0.717, 1.165) is 29.3 Å². The van der Waals surface area contributed by atoms with Gasteiger partial charge in [0.05, 0.1) is 13.2 Å². The average molecular weight is 315 g/mol. The maximum absolute atomic E-state index is 9.81. The van der Waals surface area contributed by atoms with Crippen molar-refractivity contribution < 1.29 is 10.2 Å². The number of benzene rings is 1. The second kappa shape index (κ2) is 7.27. The van der Waals surface area contributed by atoms with Crippen molar-refractivity contribution in [2.24, 2.45) is 5.92 Å². The fourth-order valence-corrected chi connectivity index (χ4v) is 3.19. The van der Waals surface area contributed by atoms with Crippen molar-refractivity contribution in [1.82, 2.24) is 0 Å². The first kappa shape index (κ1) is 15.7. The van der Waals surface area contributed by atoms with Crippen LogP contribution in [0.2, 0.25) is 0 Å². The molecule has 0 atom stereocenters. The molecule has 1 aromatic carbocycles. The number of halogens is 1. The Hall–Kier alpha value is -0.380. The lowest BCUT2D eigenvalue weighted by molar-refractivity contribution is 0.0929. The van der Waals surface area contributed by atoms with Crippen LogP contribution in [0.4, 0.5) is 0 Å². The van der Waals surface area contributed by atoms with E-state index in [2.05, 4.69) is 29.8 Å². The predicted molar refractivity (Wildman–Crippen MR) is 78.7 cm³/mol. The lowest BCUT2D eigenvalue weighted by Gasteiger charge is -2.34. The number of aliphatic hydroxyl groups excluding tert-OH is 2. The second-order valence-corrected chi connectivity index (χ2v) is 5.82. The van der Waals surface area contributed by atoms with Crippen LogP contribution in [0.15, 0.2) is 28.7 Å². The summed E-state index contributed by atoms with van der Waals surface area (Å²) in [4.78, 5) is 0. The summed E-state index contributed by atoms with van der Waals surface area (Å²) in [6.45, 7) is 4.27. The average Bonchev–Trinajstić information content (AvgIpc) is 2.42. The van der Waals surface area contributed by atoms with Crippen LogP contribution in [0.3, 0.4) is 0 Å². The summed E-state index contributed by atoms with van der Waals surface area (Å²) in [5.74, 6) is 0.524. The molecule has 0 aromatic heterocycles. The van der Waals surface area contributed by atoms with Gasteiger partial charge in [0.1, 0.15) is 0 Å². The lowest BCUT2D eigenvalue weighted by Crippen LogP contribution is -2.37. The normalized spacial score (nSPS) is 12.1. The summed E-state index contributed by atoms with van der Waals surface area (Å²) in [6, 6.07) is 7.85. The van der Waals surface area contributed by atoms with Gasteiger partial charge in [0.2, 0.25) is 0 Å². The third-order valence-corrected chi connectivity index (χ3v) is 4.58. The first-order chi connectivity index (χ1) is 8.63. The van der Waals surface area contributed by atoms with E-state index in [9.17, 15) is 10.2 Å². The molecule has 0 saturated heterocycles. The molecule has 0 aliphatic carbocycles. The monoisotopic (exact) mass is 314 g/mol. The van der Waals surface area contributed by atoms with Gasteiger partial charge in [-0.25, -0.2) is 0 Å². The van der Waals surface area contributed by atoms with E-state index in [-0.39, 0.29) is 13.2 Å². The molecule has 2 nitrogen and oxygen atoms in total. The van der Waals surface area contributed by atoms with E-state index in [0.29, 0.717) is 5.92 Å². The molecule has 1 rings (SSSR count). The molecule has 0 heterocycles. The van der Waals surface area contributed by atoms with Gasteiger partial charge in [-0.1, -0.05) is 60.8 Å². The molecule has 0 amide bonds.